The van der Waals surface area contributed by atoms with Gasteiger partial charge in [-0.1, -0.05) is 48.0 Å². The number of nitriles is 1. The number of hydrogen-bond donors (Lipinski definition) is 1. The average Bonchev–Trinajstić information content (AvgIpc) is 2.54. The van der Waals surface area contributed by atoms with E-state index in [1.54, 1.807) is 0 Å². The second-order valence-electron chi connectivity index (χ2n) is 6.05. The Morgan fingerprint density at radius 2 is 1.62 bits per heavy atom. The molecule has 0 atom stereocenters. The molecule has 3 nitrogen and oxygen atoms in total. The summed E-state index contributed by atoms with van der Waals surface area (Å²) in [5, 5.41) is 9.43. The molecule has 24 heavy (non-hydrogen) atoms. The predicted octanol–water partition coefficient (Wildman–Crippen LogP) is 4.51. The number of H-pyrrole nitrogens is 1. The zero-order chi connectivity index (χ0) is 17.3. The standard InChI is InChI=1S/C21H18N2O/c1-13-8-9-17(15(3)10-13)20-11-18(19(12-22)21(24)23-20)16-7-5-4-6-14(16)2/h4-11H,1-3H3,(H,23,24). The normalized spacial score (nSPS) is 10.4. The number of rotatable bonds is 2. The Hall–Kier alpha value is -3.12. The van der Waals surface area contributed by atoms with Crippen LogP contribution >= 0.6 is 0 Å². The summed E-state index contributed by atoms with van der Waals surface area (Å²) in [5.74, 6) is 0. The summed E-state index contributed by atoms with van der Waals surface area (Å²) in [6, 6.07) is 17.8. The maximum absolute atomic E-state index is 12.5. The molecule has 1 N–H and O–H groups in total. The van der Waals surface area contributed by atoms with Crippen LogP contribution in [0.1, 0.15) is 22.3 Å². The highest BCUT2D eigenvalue weighted by atomic mass is 16.1. The Labute approximate surface area is 141 Å². The lowest BCUT2D eigenvalue weighted by molar-refractivity contribution is 1.21. The van der Waals surface area contributed by atoms with Crippen LogP contribution in [0.15, 0.2) is 53.3 Å². The van der Waals surface area contributed by atoms with E-state index >= 15 is 0 Å². The van der Waals surface area contributed by atoms with Gasteiger partial charge in [0.05, 0.1) is 0 Å². The van der Waals surface area contributed by atoms with Crippen LogP contribution in [-0.2, 0) is 0 Å². The van der Waals surface area contributed by atoms with Crippen molar-refractivity contribution in [1.29, 1.82) is 5.26 Å². The first-order valence-corrected chi connectivity index (χ1v) is 7.82. The van der Waals surface area contributed by atoms with Crippen molar-refractivity contribution in [2.45, 2.75) is 20.8 Å². The summed E-state index contributed by atoms with van der Waals surface area (Å²) in [6.07, 6.45) is 0. The van der Waals surface area contributed by atoms with E-state index in [9.17, 15) is 10.1 Å². The SMILES string of the molecule is Cc1ccc(-c2cc(-c3ccccc3C)c(C#N)c(=O)[nH]2)c(C)c1. The van der Waals surface area contributed by atoms with Crippen LogP contribution in [0.25, 0.3) is 22.4 Å². The van der Waals surface area contributed by atoms with Crippen molar-refractivity contribution in [3.05, 3.63) is 81.1 Å². The molecule has 0 unspecified atom stereocenters. The Balaban J connectivity index is 2.31. The first-order chi connectivity index (χ1) is 11.5. The van der Waals surface area contributed by atoms with E-state index in [2.05, 4.69) is 11.1 Å². The fourth-order valence-electron chi connectivity index (χ4n) is 3.02. The van der Waals surface area contributed by atoms with E-state index < -0.39 is 0 Å². The van der Waals surface area contributed by atoms with E-state index in [-0.39, 0.29) is 11.1 Å². The summed E-state index contributed by atoms with van der Waals surface area (Å²) in [6.45, 7) is 6.04. The molecular formula is C21H18N2O. The van der Waals surface area contributed by atoms with Crippen molar-refractivity contribution >= 4 is 0 Å². The molecular weight excluding hydrogens is 296 g/mol. The number of nitrogens with one attached hydrogen (secondary N) is 1. The second-order valence-corrected chi connectivity index (χ2v) is 6.05. The molecule has 2 aromatic carbocycles. The van der Waals surface area contributed by atoms with Gasteiger partial charge in [-0.2, -0.15) is 5.26 Å². The third-order valence-corrected chi connectivity index (χ3v) is 4.25. The lowest BCUT2D eigenvalue weighted by Crippen LogP contribution is -2.13. The minimum Gasteiger partial charge on any atom is -0.321 e. The fourth-order valence-corrected chi connectivity index (χ4v) is 3.02. The highest BCUT2D eigenvalue weighted by molar-refractivity contribution is 5.77. The van der Waals surface area contributed by atoms with E-state index in [0.29, 0.717) is 5.56 Å². The summed E-state index contributed by atoms with van der Waals surface area (Å²) in [4.78, 5) is 15.3. The number of aromatic amines is 1. The van der Waals surface area contributed by atoms with Crippen LogP contribution in [0.4, 0.5) is 0 Å². The first-order valence-electron chi connectivity index (χ1n) is 7.82. The summed E-state index contributed by atoms with van der Waals surface area (Å²) >= 11 is 0. The Kier molecular flexibility index (Phi) is 4.05. The van der Waals surface area contributed by atoms with Crippen LogP contribution in [0.2, 0.25) is 0 Å². The second kappa shape index (κ2) is 6.17. The highest BCUT2D eigenvalue weighted by Crippen LogP contribution is 2.29. The zero-order valence-corrected chi connectivity index (χ0v) is 14.0. The maximum atomic E-state index is 12.5. The monoisotopic (exact) mass is 314 g/mol. The molecule has 0 saturated heterocycles. The topological polar surface area (TPSA) is 56.6 Å². The smallest absolute Gasteiger partial charge is 0.266 e. The van der Waals surface area contributed by atoms with Gasteiger partial charge in [-0.05, 0) is 43.5 Å². The molecule has 3 aromatic rings. The van der Waals surface area contributed by atoms with Crippen molar-refractivity contribution in [2.75, 3.05) is 0 Å². The number of aromatic nitrogens is 1. The van der Waals surface area contributed by atoms with Gasteiger partial charge in [0.15, 0.2) is 0 Å². The first kappa shape index (κ1) is 15.8. The van der Waals surface area contributed by atoms with E-state index in [0.717, 1.165) is 27.9 Å². The molecule has 0 saturated carbocycles. The molecule has 1 aromatic heterocycles. The molecule has 1 heterocycles. The van der Waals surface area contributed by atoms with Crippen LogP contribution in [0.3, 0.4) is 0 Å². The third-order valence-electron chi connectivity index (χ3n) is 4.25. The van der Waals surface area contributed by atoms with Gasteiger partial charge in [0.1, 0.15) is 11.6 Å². The number of aryl methyl sites for hydroxylation is 3. The molecule has 0 aliphatic carbocycles. The maximum Gasteiger partial charge on any atom is 0.266 e. The number of pyridine rings is 1. The van der Waals surface area contributed by atoms with Gasteiger partial charge in [0.25, 0.3) is 5.56 Å². The van der Waals surface area contributed by atoms with Crippen molar-refractivity contribution in [2.24, 2.45) is 0 Å². The number of benzene rings is 2. The third kappa shape index (κ3) is 2.75. The Bertz CT molecular complexity index is 1020. The summed E-state index contributed by atoms with van der Waals surface area (Å²) < 4.78 is 0. The van der Waals surface area contributed by atoms with Gasteiger partial charge in [0.2, 0.25) is 0 Å². The average molecular weight is 314 g/mol. The minimum atomic E-state index is -0.353. The fraction of sp³-hybridized carbons (Fsp3) is 0.143. The van der Waals surface area contributed by atoms with Gasteiger partial charge < -0.3 is 4.98 Å². The Morgan fingerprint density at radius 1 is 0.875 bits per heavy atom. The molecule has 0 radical (unpaired) electrons. The minimum absolute atomic E-state index is 0.151. The zero-order valence-electron chi connectivity index (χ0n) is 14.0. The van der Waals surface area contributed by atoms with E-state index in [1.807, 2.05) is 69.3 Å². The molecule has 0 spiro atoms. The predicted molar refractivity (Wildman–Crippen MR) is 96.9 cm³/mol. The van der Waals surface area contributed by atoms with Crippen molar-refractivity contribution < 1.29 is 0 Å². The molecule has 3 rings (SSSR count). The quantitative estimate of drug-likeness (QED) is 0.757. The van der Waals surface area contributed by atoms with Gasteiger partial charge in [-0.25, -0.2) is 0 Å². The Morgan fingerprint density at radius 3 is 2.29 bits per heavy atom. The van der Waals surface area contributed by atoms with E-state index in [4.69, 9.17) is 0 Å². The van der Waals surface area contributed by atoms with Crippen molar-refractivity contribution in [1.82, 2.24) is 4.98 Å². The molecule has 0 aliphatic rings. The molecule has 0 amide bonds. The largest absolute Gasteiger partial charge is 0.321 e. The lowest BCUT2D eigenvalue weighted by Gasteiger charge is -2.12. The number of hydrogen-bond acceptors (Lipinski definition) is 2. The van der Waals surface area contributed by atoms with Crippen molar-refractivity contribution in [3.63, 3.8) is 0 Å². The van der Waals surface area contributed by atoms with Crippen LogP contribution < -0.4 is 5.56 Å². The van der Waals surface area contributed by atoms with Gasteiger partial charge in [0, 0.05) is 16.8 Å². The lowest BCUT2D eigenvalue weighted by atomic mass is 9.94. The summed E-state index contributed by atoms with van der Waals surface area (Å²) in [5.41, 5.74) is 6.38. The van der Waals surface area contributed by atoms with Gasteiger partial charge in [-0.3, -0.25) is 4.79 Å². The van der Waals surface area contributed by atoms with Crippen molar-refractivity contribution in [3.8, 4) is 28.5 Å². The summed E-state index contributed by atoms with van der Waals surface area (Å²) in [7, 11) is 0. The molecule has 3 heteroatoms. The molecule has 118 valence electrons. The van der Waals surface area contributed by atoms with Crippen LogP contribution in [-0.4, -0.2) is 4.98 Å². The van der Waals surface area contributed by atoms with E-state index in [1.165, 1.54) is 5.56 Å². The van der Waals surface area contributed by atoms with Gasteiger partial charge in [-0.15, -0.1) is 0 Å². The molecule has 0 fully saturated rings. The number of nitrogens with zero attached hydrogens (tertiary/aromatic N) is 1. The van der Waals surface area contributed by atoms with Crippen LogP contribution in [0, 0.1) is 32.1 Å². The molecule has 0 aliphatic heterocycles. The highest BCUT2D eigenvalue weighted by Gasteiger charge is 2.14. The van der Waals surface area contributed by atoms with Gasteiger partial charge >= 0.3 is 0 Å². The van der Waals surface area contributed by atoms with Crippen LogP contribution in [0.5, 0.6) is 0 Å². The molecule has 0 bridgehead atoms.